The maximum atomic E-state index is 13.6. The normalized spacial score (nSPS) is 13.4. The zero-order chi connectivity index (χ0) is 28.6. The van der Waals surface area contributed by atoms with Crippen LogP contribution in [0, 0.1) is 0 Å². The number of fused-ring (bicyclic) bond motifs is 1. The average molecular weight is 529 g/mol. The zero-order valence-corrected chi connectivity index (χ0v) is 23.6. The number of likely N-dealkylation sites (N-methyl/N-ethyl adjacent to an activating group) is 2. The van der Waals surface area contributed by atoms with Crippen LogP contribution in [0.3, 0.4) is 0 Å². The van der Waals surface area contributed by atoms with Gasteiger partial charge in [0.25, 0.3) is 0 Å². The molecule has 0 spiro atoms. The third-order valence-corrected chi connectivity index (χ3v) is 6.71. The Bertz CT molecular complexity index is 1310. The monoisotopic (exact) mass is 528 g/mol. The Labute approximate surface area is 231 Å². The first kappa shape index (κ1) is 29.7. The molecule has 0 aliphatic heterocycles. The molecule has 0 aliphatic carbocycles. The van der Waals surface area contributed by atoms with Gasteiger partial charge in [-0.1, -0.05) is 78.9 Å². The minimum atomic E-state index is -0.891. The molecule has 206 valence electrons. The summed E-state index contributed by atoms with van der Waals surface area (Å²) in [5.41, 5.74) is 7.46. The third-order valence-electron chi connectivity index (χ3n) is 6.71. The van der Waals surface area contributed by atoms with Crippen molar-refractivity contribution < 1.29 is 14.4 Å². The topological polar surface area (TPSA) is 95.7 Å². The fourth-order valence-corrected chi connectivity index (χ4v) is 4.36. The average Bonchev–Trinajstić information content (AvgIpc) is 2.89. The van der Waals surface area contributed by atoms with Crippen molar-refractivity contribution in [2.45, 2.75) is 50.7 Å². The maximum Gasteiger partial charge on any atom is 0.249 e. The van der Waals surface area contributed by atoms with Crippen LogP contribution < -0.4 is 11.1 Å². The largest absolute Gasteiger partial charge is 0.330 e. The van der Waals surface area contributed by atoms with E-state index in [1.54, 1.807) is 18.0 Å². The predicted octanol–water partition coefficient (Wildman–Crippen LogP) is 3.71. The molecule has 7 heteroatoms. The number of imide groups is 1. The quantitative estimate of drug-likeness (QED) is 0.370. The Morgan fingerprint density at radius 1 is 0.821 bits per heavy atom. The lowest BCUT2D eigenvalue weighted by atomic mass is 9.99. The van der Waals surface area contributed by atoms with E-state index in [-0.39, 0.29) is 12.3 Å². The summed E-state index contributed by atoms with van der Waals surface area (Å²) in [5, 5.41) is 4.73. The van der Waals surface area contributed by atoms with E-state index in [9.17, 15) is 14.4 Å². The first-order chi connectivity index (χ1) is 18.4. The summed E-state index contributed by atoms with van der Waals surface area (Å²) in [6.07, 6.45) is 4.38. The van der Waals surface area contributed by atoms with E-state index in [2.05, 4.69) is 5.32 Å². The SMILES string of the molecule is CN(C)[C@H](Cc1ccccc1)C(=O)NC(=O)[C@@H](Cc1ccc2ccccc2c1)N(C)C(=O)/C=C/CC(C)(C)N. The fourth-order valence-electron chi connectivity index (χ4n) is 4.36. The van der Waals surface area contributed by atoms with E-state index < -0.39 is 29.4 Å². The van der Waals surface area contributed by atoms with E-state index in [1.807, 2.05) is 101 Å². The molecular formula is C32H40N4O3. The highest BCUT2D eigenvalue weighted by Gasteiger charge is 2.30. The van der Waals surface area contributed by atoms with Crippen LogP contribution in [0.25, 0.3) is 10.8 Å². The Hall–Kier alpha value is -3.81. The second-order valence-electron chi connectivity index (χ2n) is 11.0. The number of hydrogen-bond acceptors (Lipinski definition) is 5. The van der Waals surface area contributed by atoms with Crippen LogP contribution in [-0.2, 0) is 27.2 Å². The van der Waals surface area contributed by atoms with Gasteiger partial charge >= 0.3 is 0 Å². The van der Waals surface area contributed by atoms with Gasteiger partial charge in [-0.05, 0) is 68.8 Å². The van der Waals surface area contributed by atoms with Crippen molar-refractivity contribution in [3.8, 4) is 0 Å². The first-order valence-corrected chi connectivity index (χ1v) is 13.2. The van der Waals surface area contributed by atoms with Gasteiger partial charge in [0.15, 0.2) is 0 Å². The highest BCUT2D eigenvalue weighted by atomic mass is 16.2. The summed E-state index contributed by atoms with van der Waals surface area (Å²) in [5.74, 6) is -1.25. The molecule has 0 aromatic heterocycles. The van der Waals surface area contributed by atoms with E-state index in [0.29, 0.717) is 12.8 Å². The molecule has 0 unspecified atom stereocenters. The Morgan fingerprint density at radius 3 is 2.05 bits per heavy atom. The fraction of sp³-hybridized carbons (Fsp3) is 0.344. The van der Waals surface area contributed by atoms with Gasteiger partial charge in [-0.2, -0.15) is 0 Å². The van der Waals surface area contributed by atoms with Crippen molar-refractivity contribution in [1.29, 1.82) is 0 Å². The molecule has 0 heterocycles. The summed E-state index contributed by atoms with van der Waals surface area (Å²) in [7, 11) is 5.21. The van der Waals surface area contributed by atoms with Gasteiger partial charge in [0, 0.05) is 19.0 Å². The maximum absolute atomic E-state index is 13.6. The van der Waals surface area contributed by atoms with Gasteiger partial charge in [-0.25, -0.2) is 0 Å². The van der Waals surface area contributed by atoms with Gasteiger partial charge in [-0.3, -0.25) is 24.6 Å². The van der Waals surface area contributed by atoms with Crippen molar-refractivity contribution >= 4 is 28.5 Å². The minimum absolute atomic E-state index is 0.258. The summed E-state index contributed by atoms with van der Waals surface area (Å²) < 4.78 is 0. The van der Waals surface area contributed by atoms with Gasteiger partial charge < -0.3 is 10.6 Å². The Kier molecular flexibility index (Phi) is 10.2. The Balaban J connectivity index is 1.84. The summed E-state index contributed by atoms with van der Waals surface area (Å²) in [6.45, 7) is 3.76. The zero-order valence-electron chi connectivity index (χ0n) is 23.6. The molecule has 39 heavy (non-hydrogen) atoms. The number of carbonyl (C=O) groups is 3. The third kappa shape index (κ3) is 8.87. The Morgan fingerprint density at radius 2 is 1.41 bits per heavy atom. The van der Waals surface area contributed by atoms with Crippen LogP contribution in [0.15, 0.2) is 84.9 Å². The highest BCUT2D eigenvalue weighted by Crippen LogP contribution is 2.18. The molecule has 0 fully saturated rings. The number of carbonyl (C=O) groups excluding carboxylic acids is 3. The number of benzene rings is 3. The molecule has 3 aromatic carbocycles. The molecule has 3 amide bonds. The highest BCUT2D eigenvalue weighted by molar-refractivity contribution is 6.02. The molecule has 0 aliphatic rings. The van der Waals surface area contributed by atoms with Crippen LogP contribution in [0.1, 0.15) is 31.4 Å². The summed E-state index contributed by atoms with van der Waals surface area (Å²) in [6, 6.07) is 22.2. The lowest BCUT2D eigenvalue weighted by Crippen LogP contribution is -2.54. The molecule has 3 aromatic rings. The van der Waals surface area contributed by atoms with Crippen molar-refractivity contribution in [3.63, 3.8) is 0 Å². The molecule has 0 saturated heterocycles. The molecule has 7 nitrogen and oxygen atoms in total. The summed E-state index contributed by atoms with van der Waals surface area (Å²) in [4.78, 5) is 43.1. The van der Waals surface area contributed by atoms with Gasteiger partial charge in [0.2, 0.25) is 17.7 Å². The van der Waals surface area contributed by atoms with E-state index >= 15 is 0 Å². The van der Waals surface area contributed by atoms with Crippen LogP contribution in [-0.4, -0.2) is 66.3 Å². The van der Waals surface area contributed by atoms with E-state index in [0.717, 1.165) is 21.9 Å². The predicted molar refractivity (Wildman–Crippen MR) is 157 cm³/mol. The number of nitrogens with zero attached hydrogens (tertiary/aromatic N) is 2. The second kappa shape index (κ2) is 13.3. The number of nitrogens with two attached hydrogens (primary N) is 1. The first-order valence-electron chi connectivity index (χ1n) is 13.2. The van der Waals surface area contributed by atoms with Crippen LogP contribution >= 0.6 is 0 Å². The standard InChI is InChI=1S/C32H40N4O3/c1-32(2,33)19-11-16-29(37)36(5)28(22-24-17-18-25-14-9-10-15-26(25)20-24)31(39)34-30(38)27(35(3)4)21-23-12-7-6-8-13-23/h6-18,20,27-28H,19,21-22,33H2,1-5H3,(H,34,38,39)/b16-11+/t27-,28-/m1/s1. The lowest BCUT2D eigenvalue weighted by molar-refractivity contribution is -0.140. The van der Waals surface area contributed by atoms with Crippen molar-refractivity contribution in [2.75, 3.05) is 21.1 Å². The van der Waals surface area contributed by atoms with Crippen molar-refractivity contribution in [3.05, 3.63) is 96.1 Å². The summed E-state index contributed by atoms with van der Waals surface area (Å²) >= 11 is 0. The van der Waals surface area contributed by atoms with Gasteiger partial charge in [0.1, 0.15) is 6.04 Å². The van der Waals surface area contributed by atoms with Crippen LogP contribution in [0.4, 0.5) is 0 Å². The molecule has 0 radical (unpaired) electrons. The van der Waals surface area contributed by atoms with E-state index in [4.69, 9.17) is 5.73 Å². The molecule has 3 rings (SSSR count). The number of nitrogens with one attached hydrogen (secondary N) is 1. The van der Waals surface area contributed by atoms with Crippen LogP contribution in [0.2, 0.25) is 0 Å². The van der Waals surface area contributed by atoms with Crippen molar-refractivity contribution in [1.82, 2.24) is 15.1 Å². The molecule has 2 atom stereocenters. The van der Waals surface area contributed by atoms with Gasteiger partial charge in [0.05, 0.1) is 6.04 Å². The van der Waals surface area contributed by atoms with Crippen molar-refractivity contribution in [2.24, 2.45) is 5.73 Å². The molecule has 0 saturated carbocycles. The van der Waals surface area contributed by atoms with Crippen LogP contribution in [0.5, 0.6) is 0 Å². The van der Waals surface area contributed by atoms with Gasteiger partial charge in [-0.15, -0.1) is 0 Å². The van der Waals surface area contributed by atoms with E-state index in [1.165, 1.54) is 11.0 Å². The lowest BCUT2D eigenvalue weighted by Gasteiger charge is -2.28. The molecule has 3 N–H and O–H groups in total. The molecule has 0 bridgehead atoms. The number of hydrogen-bond donors (Lipinski definition) is 2. The molecular weight excluding hydrogens is 488 g/mol. The number of rotatable bonds is 11. The second-order valence-corrected chi connectivity index (χ2v) is 11.0. The number of amides is 3. The smallest absolute Gasteiger partial charge is 0.249 e. The minimum Gasteiger partial charge on any atom is -0.330 e.